The summed E-state index contributed by atoms with van der Waals surface area (Å²) in [6.07, 6.45) is 3.05. The standard InChI is InChI=1S/C10H20N2O/c11-2-1-10-7-3-9(13)4-8(10)6-12-5-7/h7-10,12-13H,1-6,11H2. The highest BCUT2D eigenvalue weighted by molar-refractivity contribution is 4.91. The number of rotatable bonds is 2. The highest BCUT2D eigenvalue weighted by Gasteiger charge is 2.38. The van der Waals surface area contributed by atoms with E-state index in [0.29, 0.717) is 11.8 Å². The van der Waals surface area contributed by atoms with Crippen molar-refractivity contribution >= 4 is 0 Å². The van der Waals surface area contributed by atoms with Crippen LogP contribution in [0, 0.1) is 17.8 Å². The molecule has 0 aromatic heterocycles. The number of hydrogen-bond acceptors (Lipinski definition) is 3. The van der Waals surface area contributed by atoms with Crippen LogP contribution in [0.2, 0.25) is 0 Å². The fraction of sp³-hybridized carbons (Fsp3) is 1.00. The molecule has 2 aliphatic rings. The lowest BCUT2D eigenvalue weighted by atomic mass is 9.67. The molecule has 2 atom stereocenters. The maximum Gasteiger partial charge on any atom is 0.0546 e. The summed E-state index contributed by atoms with van der Waals surface area (Å²) in [5.74, 6) is 2.12. The number of piperidine rings is 1. The molecule has 0 aromatic carbocycles. The van der Waals surface area contributed by atoms with E-state index in [2.05, 4.69) is 5.32 Å². The maximum atomic E-state index is 9.64. The lowest BCUT2D eigenvalue weighted by Gasteiger charge is -2.44. The zero-order valence-electron chi connectivity index (χ0n) is 8.08. The Labute approximate surface area is 79.7 Å². The zero-order valence-corrected chi connectivity index (χ0v) is 8.08. The molecule has 2 unspecified atom stereocenters. The Bertz CT molecular complexity index is 160. The lowest BCUT2D eigenvalue weighted by molar-refractivity contribution is 0.00532. The Balaban J connectivity index is 2.01. The molecule has 2 bridgehead atoms. The Hall–Kier alpha value is -0.120. The van der Waals surface area contributed by atoms with Crippen molar-refractivity contribution < 1.29 is 5.11 Å². The number of nitrogens with two attached hydrogens (primary N) is 1. The Morgan fingerprint density at radius 1 is 1.23 bits per heavy atom. The predicted molar refractivity (Wildman–Crippen MR) is 52.3 cm³/mol. The van der Waals surface area contributed by atoms with Crippen LogP contribution in [-0.2, 0) is 0 Å². The molecule has 0 amide bonds. The summed E-state index contributed by atoms with van der Waals surface area (Å²) in [5.41, 5.74) is 5.61. The van der Waals surface area contributed by atoms with E-state index in [0.717, 1.165) is 44.8 Å². The van der Waals surface area contributed by atoms with Crippen molar-refractivity contribution in [3.05, 3.63) is 0 Å². The van der Waals surface area contributed by atoms with Crippen molar-refractivity contribution in [1.82, 2.24) is 5.32 Å². The van der Waals surface area contributed by atoms with Crippen LogP contribution >= 0.6 is 0 Å². The second kappa shape index (κ2) is 3.95. The van der Waals surface area contributed by atoms with Crippen LogP contribution in [-0.4, -0.2) is 30.8 Å². The molecule has 1 aliphatic heterocycles. The van der Waals surface area contributed by atoms with Crippen molar-refractivity contribution in [2.24, 2.45) is 23.5 Å². The average Bonchev–Trinajstić information content (AvgIpc) is 2.07. The SMILES string of the molecule is NCCC1C2CNCC1CC(O)C2. The summed E-state index contributed by atoms with van der Waals surface area (Å²) >= 11 is 0. The van der Waals surface area contributed by atoms with Gasteiger partial charge in [0.2, 0.25) is 0 Å². The van der Waals surface area contributed by atoms with Crippen LogP contribution in [0.3, 0.4) is 0 Å². The van der Waals surface area contributed by atoms with E-state index in [1.807, 2.05) is 0 Å². The van der Waals surface area contributed by atoms with Crippen LogP contribution in [0.25, 0.3) is 0 Å². The van der Waals surface area contributed by atoms with Crippen molar-refractivity contribution in [3.8, 4) is 0 Å². The fourth-order valence-corrected chi connectivity index (χ4v) is 3.12. The summed E-state index contributed by atoms with van der Waals surface area (Å²) in [6.45, 7) is 2.96. The minimum Gasteiger partial charge on any atom is -0.393 e. The molecule has 1 aliphatic carbocycles. The predicted octanol–water partition coefficient (Wildman–Crippen LogP) is -0.0583. The lowest BCUT2D eigenvalue weighted by Crippen LogP contribution is -2.49. The number of hydrogen-bond donors (Lipinski definition) is 3. The van der Waals surface area contributed by atoms with Crippen LogP contribution in [0.15, 0.2) is 0 Å². The summed E-state index contributed by atoms with van der Waals surface area (Å²) in [6, 6.07) is 0. The quantitative estimate of drug-likeness (QED) is 0.563. The minimum absolute atomic E-state index is 0.0499. The number of nitrogens with one attached hydrogen (secondary N) is 1. The number of fused-ring (bicyclic) bond motifs is 2. The van der Waals surface area contributed by atoms with Gasteiger partial charge < -0.3 is 16.2 Å². The number of aliphatic hydroxyl groups excluding tert-OH is 1. The molecule has 2 fully saturated rings. The average molecular weight is 184 g/mol. The topological polar surface area (TPSA) is 58.3 Å². The van der Waals surface area contributed by atoms with Gasteiger partial charge in [-0.1, -0.05) is 0 Å². The van der Waals surface area contributed by atoms with Gasteiger partial charge in [-0.15, -0.1) is 0 Å². The van der Waals surface area contributed by atoms with Gasteiger partial charge in [-0.2, -0.15) is 0 Å². The minimum atomic E-state index is -0.0499. The first kappa shape index (κ1) is 9.44. The van der Waals surface area contributed by atoms with Gasteiger partial charge in [0, 0.05) is 0 Å². The van der Waals surface area contributed by atoms with Gasteiger partial charge in [0.25, 0.3) is 0 Å². The van der Waals surface area contributed by atoms with E-state index in [-0.39, 0.29) is 6.10 Å². The molecule has 13 heavy (non-hydrogen) atoms. The van der Waals surface area contributed by atoms with Gasteiger partial charge in [0.15, 0.2) is 0 Å². The molecule has 76 valence electrons. The van der Waals surface area contributed by atoms with Gasteiger partial charge in [-0.05, 0) is 56.7 Å². The molecular weight excluding hydrogens is 164 g/mol. The van der Waals surface area contributed by atoms with Gasteiger partial charge in [0.1, 0.15) is 0 Å². The Morgan fingerprint density at radius 2 is 1.85 bits per heavy atom. The van der Waals surface area contributed by atoms with E-state index in [1.165, 1.54) is 0 Å². The van der Waals surface area contributed by atoms with Gasteiger partial charge in [0.05, 0.1) is 6.10 Å². The second-order valence-electron chi connectivity index (χ2n) is 4.54. The Kier molecular flexibility index (Phi) is 2.86. The molecule has 1 saturated carbocycles. The van der Waals surface area contributed by atoms with Crippen molar-refractivity contribution in [2.75, 3.05) is 19.6 Å². The first-order valence-corrected chi connectivity index (χ1v) is 5.40. The normalized spacial score (nSPS) is 44.8. The summed E-state index contributed by atoms with van der Waals surface area (Å²) in [7, 11) is 0. The van der Waals surface area contributed by atoms with Gasteiger partial charge in [-0.25, -0.2) is 0 Å². The third-order valence-electron chi connectivity index (χ3n) is 3.67. The van der Waals surface area contributed by atoms with E-state index in [9.17, 15) is 5.11 Å². The number of aliphatic hydroxyl groups is 1. The monoisotopic (exact) mass is 184 g/mol. The second-order valence-corrected chi connectivity index (χ2v) is 4.54. The Morgan fingerprint density at radius 3 is 2.38 bits per heavy atom. The first-order valence-electron chi connectivity index (χ1n) is 5.40. The fourth-order valence-electron chi connectivity index (χ4n) is 3.12. The van der Waals surface area contributed by atoms with E-state index in [1.54, 1.807) is 0 Å². The summed E-state index contributed by atoms with van der Waals surface area (Å²) in [4.78, 5) is 0. The molecule has 3 heteroatoms. The molecular formula is C10H20N2O. The van der Waals surface area contributed by atoms with Crippen molar-refractivity contribution in [2.45, 2.75) is 25.4 Å². The molecule has 2 rings (SSSR count). The smallest absolute Gasteiger partial charge is 0.0546 e. The summed E-state index contributed by atoms with van der Waals surface area (Å²) < 4.78 is 0. The van der Waals surface area contributed by atoms with E-state index >= 15 is 0 Å². The van der Waals surface area contributed by atoms with E-state index < -0.39 is 0 Å². The first-order chi connectivity index (χ1) is 6.31. The molecule has 0 radical (unpaired) electrons. The van der Waals surface area contributed by atoms with Crippen LogP contribution < -0.4 is 11.1 Å². The molecule has 3 nitrogen and oxygen atoms in total. The molecule has 0 aromatic rings. The van der Waals surface area contributed by atoms with Crippen LogP contribution in [0.5, 0.6) is 0 Å². The molecule has 1 heterocycles. The van der Waals surface area contributed by atoms with Gasteiger partial charge in [-0.3, -0.25) is 0 Å². The molecule has 1 saturated heterocycles. The van der Waals surface area contributed by atoms with E-state index in [4.69, 9.17) is 5.73 Å². The third kappa shape index (κ3) is 1.87. The van der Waals surface area contributed by atoms with Crippen molar-refractivity contribution in [1.29, 1.82) is 0 Å². The van der Waals surface area contributed by atoms with Gasteiger partial charge >= 0.3 is 0 Å². The van der Waals surface area contributed by atoms with Crippen LogP contribution in [0.4, 0.5) is 0 Å². The highest BCUT2D eigenvalue weighted by Crippen LogP contribution is 2.38. The third-order valence-corrected chi connectivity index (χ3v) is 3.67. The largest absolute Gasteiger partial charge is 0.393 e. The summed E-state index contributed by atoms with van der Waals surface area (Å²) in [5, 5.41) is 13.1. The molecule has 0 spiro atoms. The highest BCUT2D eigenvalue weighted by atomic mass is 16.3. The molecule has 4 N–H and O–H groups in total. The maximum absolute atomic E-state index is 9.64. The van der Waals surface area contributed by atoms with Crippen LogP contribution in [0.1, 0.15) is 19.3 Å². The zero-order chi connectivity index (χ0) is 9.26. The van der Waals surface area contributed by atoms with Crippen molar-refractivity contribution in [3.63, 3.8) is 0 Å².